The molecule has 0 unspecified atom stereocenters. The Morgan fingerprint density at radius 1 is 1.00 bits per heavy atom. The first-order valence-electron chi connectivity index (χ1n) is 5.79. The van der Waals surface area contributed by atoms with Crippen molar-refractivity contribution < 1.29 is 14.2 Å². The van der Waals surface area contributed by atoms with Crippen LogP contribution in [0.3, 0.4) is 0 Å². The number of nitrogens with zero attached hydrogens (tertiary/aromatic N) is 2. The summed E-state index contributed by atoms with van der Waals surface area (Å²) in [5, 5.41) is 0. The van der Waals surface area contributed by atoms with Gasteiger partial charge < -0.3 is 14.2 Å². The monoisotopic (exact) mass is 256 g/mol. The number of pyridine rings is 2. The van der Waals surface area contributed by atoms with Gasteiger partial charge in [0, 0.05) is 24.0 Å². The molecule has 0 amide bonds. The van der Waals surface area contributed by atoms with Gasteiger partial charge in [-0.05, 0) is 18.2 Å². The largest absolute Gasteiger partial charge is 0.481 e. The highest BCUT2D eigenvalue weighted by molar-refractivity contribution is 5.58. The molecule has 0 aliphatic carbocycles. The highest BCUT2D eigenvalue weighted by Crippen LogP contribution is 2.25. The summed E-state index contributed by atoms with van der Waals surface area (Å²) in [6, 6.07) is 7.55. The topological polar surface area (TPSA) is 53.5 Å². The van der Waals surface area contributed by atoms with E-state index in [4.69, 9.17) is 14.2 Å². The summed E-state index contributed by atoms with van der Waals surface area (Å²) in [6.07, 6.45) is 6.11. The minimum Gasteiger partial charge on any atom is -0.481 e. The predicted octanol–water partition coefficient (Wildman–Crippen LogP) is 2.67. The van der Waals surface area contributed by atoms with Gasteiger partial charge in [-0.2, -0.15) is 0 Å². The fraction of sp³-hybridized carbons (Fsp3) is 0.143. The number of rotatable bonds is 3. The van der Waals surface area contributed by atoms with Crippen molar-refractivity contribution in [1.82, 2.24) is 9.97 Å². The van der Waals surface area contributed by atoms with Gasteiger partial charge in [-0.25, -0.2) is 4.98 Å². The first-order chi connectivity index (χ1) is 9.36. The van der Waals surface area contributed by atoms with E-state index in [1.807, 2.05) is 18.2 Å². The van der Waals surface area contributed by atoms with E-state index < -0.39 is 6.29 Å². The molecule has 96 valence electrons. The Hall–Kier alpha value is -2.56. The second-order valence-electron chi connectivity index (χ2n) is 3.94. The lowest BCUT2D eigenvalue weighted by Crippen LogP contribution is -1.98. The van der Waals surface area contributed by atoms with Crippen LogP contribution in [0.2, 0.25) is 0 Å². The summed E-state index contributed by atoms with van der Waals surface area (Å²) in [7, 11) is 1.59. The molecule has 3 heterocycles. The maximum atomic E-state index is 5.24. The molecular formula is C14H12N2O3. The molecule has 0 saturated carbocycles. The normalized spacial score (nSPS) is 13.9. The average Bonchev–Trinajstić information content (AvgIpc) is 3.02. The van der Waals surface area contributed by atoms with Crippen molar-refractivity contribution >= 4 is 0 Å². The van der Waals surface area contributed by atoms with Gasteiger partial charge in [-0.15, -0.1) is 0 Å². The van der Waals surface area contributed by atoms with E-state index in [2.05, 4.69) is 9.97 Å². The van der Waals surface area contributed by atoms with Crippen LogP contribution in [0.4, 0.5) is 0 Å². The first kappa shape index (κ1) is 11.5. The smallest absolute Gasteiger partial charge is 0.267 e. The van der Waals surface area contributed by atoms with Crippen molar-refractivity contribution in [3.8, 4) is 17.1 Å². The van der Waals surface area contributed by atoms with Gasteiger partial charge in [0.05, 0.1) is 18.4 Å². The van der Waals surface area contributed by atoms with E-state index in [1.165, 1.54) is 12.5 Å². The quantitative estimate of drug-likeness (QED) is 0.845. The highest BCUT2D eigenvalue weighted by Gasteiger charge is 2.15. The zero-order valence-electron chi connectivity index (χ0n) is 10.3. The fourth-order valence-corrected chi connectivity index (χ4v) is 1.76. The average molecular weight is 256 g/mol. The lowest BCUT2D eigenvalue weighted by molar-refractivity contribution is -0.0248. The molecule has 0 N–H and O–H groups in total. The van der Waals surface area contributed by atoms with Gasteiger partial charge >= 0.3 is 0 Å². The van der Waals surface area contributed by atoms with Crippen LogP contribution in [0.5, 0.6) is 5.88 Å². The van der Waals surface area contributed by atoms with Crippen molar-refractivity contribution in [2.45, 2.75) is 6.29 Å². The molecule has 0 spiro atoms. The van der Waals surface area contributed by atoms with Crippen molar-refractivity contribution in [3.05, 3.63) is 54.7 Å². The van der Waals surface area contributed by atoms with Crippen LogP contribution in [0.15, 0.2) is 49.2 Å². The summed E-state index contributed by atoms with van der Waals surface area (Å²) in [4.78, 5) is 8.53. The molecule has 1 aliphatic rings. The molecule has 1 aliphatic heterocycles. The number of hydrogen-bond donors (Lipinski definition) is 0. The Morgan fingerprint density at radius 2 is 1.84 bits per heavy atom. The minimum absolute atomic E-state index is 0.393. The van der Waals surface area contributed by atoms with E-state index >= 15 is 0 Å². The molecule has 5 nitrogen and oxygen atoms in total. The fourth-order valence-electron chi connectivity index (χ4n) is 1.76. The van der Waals surface area contributed by atoms with Crippen LogP contribution in [0.25, 0.3) is 11.3 Å². The predicted molar refractivity (Wildman–Crippen MR) is 68.1 cm³/mol. The van der Waals surface area contributed by atoms with Crippen LogP contribution in [-0.2, 0) is 9.47 Å². The molecule has 2 aromatic heterocycles. The molecule has 0 bridgehead atoms. The molecule has 0 fully saturated rings. The molecular weight excluding hydrogens is 244 g/mol. The Bertz CT molecular complexity index is 571. The van der Waals surface area contributed by atoms with E-state index in [1.54, 1.807) is 25.6 Å². The lowest BCUT2D eigenvalue weighted by atomic mass is 10.1. The minimum atomic E-state index is -0.393. The molecule has 0 aromatic carbocycles. The van der Waals surface area contributed by atoms with Crippen LogP contribution in [0.1, 0.15) is 11.9 Å². The summed E-state index contributed by atoms with van der Waals surface area (Å²) in [5.41, 5.74) is 2.64. The molecule has 0 atom stereocenters. The maximum absolute atomic E-state index is 5.24. The SMILES string of the molecule is COc1ccc(-c2ccc(C3OC=CO3)cn2)cn1. The van der Waals surface area contributed by atoms with Gasteiger partial charge in [0.25, 0.3) is 6.29 Å². The third-order valence-corrected chi connectivity index (χ3v) is 2.76. The van der Waals surface area contributed by atoms with E-state index in [-0.39, 0.29) is 0 Å². The Balaban J connectivity index is 1.81. The molecule has 3 rings (SSSR count). The zero-order chi connectivity index (χ0) is 13.1. The second kappa shape index (κ2) is 4.97. The molecule has 2 aromatic rings. The summed E-state index contributed by atoms with van der Waals surface area (Å²) in [6.45, 7) is 0. The summed E-state index contributed by atoms with van der Waals surface area (Å²) < 4.78 is 15.5. The van der Waals surface area contributed by atoms with E-state index in [0.717, 1.165) is 16.8 Å². The van der Waals surface area contributed by atoms with Crippen LogP contribution in [0, 0.1) is 0 Å². The molecule has 19 heavy (non-hydrogen) atoms. The standard InChI is InChI=1S/C14H12N2O3/c1-17-13-5-3-10(8-16-13)12-4-2-11(9-15-12)14-18-6-7-19-14/h2-9,14H,1H3. The van der Waals surface area contributed by atoms with E-state index in [9.17, 15) is 0 Å². The van der Waals surface area contributed by atoms with Crippen LogP contribution in [-0.4, -0.2) is 17.1 Å². The van der Waals surface area contributed by atoms with Crippen molar-refractivity contribution in [3.63, 3.8) is 0 Å². The Labute approximate surface area is 110 Å². The van der Waals surface area contributed by atoms with Gasteiger partial charge in [-0.3, -0.25) is 4.98 Å². The number of hydrogen-bond acceptors (Lipinski definition) is 5. The molecule has 5 heteroatoms. The third-order valence-electron chi connectivity index (χ3n) is 2.76. The maximum Gasteiger partial charge on any atom is 0.267 e. The lowest BCUT2D eigenvalue weighted by Gasteiger charge is -2.10. The first-order valence-corrected chi connectivity index (χ1v) is 5.79. The number of ether oxygens (including phenoxy) is 3. The molecule has 0 saturated heterocycles. The third kappa shape index (κ3) is 2.35. The number of aromatic nitrogens is 2. The van der Waals surface area contributed by atoms with Crippen LogP contribution < -0.4 is 4.74 Å². The van der Waals surface area contributed by atoms with Gasteiger partial charge in [0.2, 0.25) is 5.88 Å². The van der Waals surface area contributed by atoms with E-state index in [0.29, 0.717) is 5.88 Å². The van der Waals surface area contributed by atoms with Gasteiger partial charge in [0.15, 0.2) is 0 Å². The Morgan fingerprint density at radius 3 is 2.42 bits per heavy atom. The zero-order valence-corrected chi connectivity index (χ0v) is 10.3. The van der Waals surface area contributed by atoms with Gasteiger partial charge in [-0.1, -0.05) is 0 Å². The number of methoxy groups -OCH3 is 1. The van der Waals surface area contributed by atoms with Crippen LogP contribution >= 0.6 is 0 Å². The van der Waals surface area contributed by atoms with Crippen molar-refractivity contribution in [1.29, 1.82) is 0 Å². The highest BCUT2D eigenvalue weighted by atomic mass is 16.7. The second-order valence-corrected chi connectivity index (χ2v) is 3.94. The summed E-state index contributed by atoms with van der Waals surface area (Å²) >= 11 is 0. The van der Waals surface area contributed by atoms with Crippen molar-refractivity contribution in [2.24, 2.45) is 0 Å². The Kier molecular flexibility index (Phi) is 3.02. The molecule has 0 radical (unpaired) electrons. The van der Waals surface area contributed by atoms with Gasteiger partial charge in [0.1, 0.15) is 12.5 Å². The van der Waals surface area contributed by atoms with Crippen molar-refractivity contribution in [2.75, 3.05) is 7.11 Å². The summed E-state index contributed by atoms with van der Waals surface area (Å²) in [5.74, 6) is 0.583.